The van der Waals surface area contributed by atoms with Crippen molar-refractivity contribution in [2.75, 3.05) is 13.2 Å². The zero-order chi connectivity index (χ0) is 15.4. The molecular formula is C16H18N2O3S. The van der Waals surface area contributed by atoms with Crippen molar-refractivity contribution in [1.29, 1.82) is 0 Å². The third-order valence-corrected chi connectivity index (χ3v) is 5.12. The van der Waals surface area contributed by atoms with Crippen LogP contribution >= 0.6 is 0 Å². The summed E-state index contributed by atoms with van der Waals surface area (Å²) in [6.45, 7) is 1.04. The number of hydrogen-bond acceptors (Lipinski definition) is 4. The summed E-state index contributed by atoms with van der Waals surface area (Å²) in [5, 5.41) is 0. The molecule has 0 amide bonds. The van der Waals surface area contributed by atoms with E-state index >= 15 is 0 Å². The third kappa shape index (κ3) is 3.52. The molecule has 1 aliphatic rings. The minimum atomic E-state index is -3.49. The van der Waals surface area contributed by atoms with Crippen molar-refractivity contribution in [3.63, 3.8) is 0 Å². The highest BCUT2D eigenvalue weighted by Crippen LogP contribution is 2.20. The average Bonchev–Trinajstić information content (AvgIpc) is 3.08. The van der Waals surface area contributed by atoms with Crippen molar-refractivity contribution in [2.24, 2.45) is 0 Å². The van der Waals surface area contributed by atoms with E-state index in [4.69, 9.17) is 4.74 Å². The van der Waals surface area contributed by atoms with Crippen LogP contribution in [0.5, 0.6) is 0 Å². The van der Waals surface area contributed by atoms with Crippen molar-refractivity contribution < 1.29 is 13.2 Å². The first-order valence-corrected chi connectivity index (χ1v) is 8.75. The molecule has 1 fully saturated rings. The molecule has 0 radical (unpaired) electrons. The first kappa shape index (κ1) is 15.1. The number of nitrogens with one attached hydrogen (secondary N) is 1. The number of hydrogen-bond donors (Lipinski definition) is 1. The van der Waals surface area contributed by atoms with Gasteiger partial charge in [-0.05, 0) is 42.2 Å². The molecule has 0 saturated carbocycles. The SMILES string of the molecule is O=S(=O)(NCC1CCCO1)c1ccc(-c2cccnc2)cc1. The molecule has 1 saturated heterocycles. The zero-order valence-electron chi connectivity index (χ0n) is 12.1. The van der Waals surface area contributed by atoms with Crippen molar-refractivity contribution >= 4 is 10.0 Å². The molecule has 2 heterocycles. The first-order chi connectivity index (χ1) is 10.6. The summed E-state index contributed by atoms with van der Waals surface area (Å²) in [6.07, 6.45) is 5.34. The topological polar surface area (TPSA) is 68.3 Å². The lowest BCUT2D eigenvalue weighted by atomic mass is 10.1. The monoisotopic (exact) mass is 318 g/mol. The fourth-order valence-corrected chi connectivity index (χ4v) is 3.52. The Morgan fingerprint density at radius 2 is 2.00 bits per heavy atom. The molecular weight excluding hydrogens is 300 g/mol. The van der Waals surface area contributed by atoms with E-state index in [1.807, 2.05) is 12.1 Å². The molecule has 5 nitrogen and oxygen atoms in total. The Hall–Kier alpha value is -1.76. The van der Waals surface area contributed by atoms with Crippen LogP contribution in [0.1, 0.15) is 12.8 Å². The second-order valence-electron chi connectivity index (χ2n) is 5.25. The van der Waals surface area contributed by atoms with Gasteiger partial charge >= 0.3 is 0 Å². The molecule has 0 bridgehead atoms. The Morgan fingerprint density at radius 3 is 2.64 bits per heavy atom. The lowest BCUT2D eigenvalue weighted by Crippen LogP contribution is -2.31. The summed E-state index contributed by atoms with van der Waals surface area (Å²) in [6, 6.07) is 10.6. The van der Waals surface area contributed by atoms with Gasteiger partial charge in [-0.2, -0.15) is 0 Å². The minimum Gasteiger partial charge on any atom is -0.377 e. The largest absolute Gasteiger partial charge is 0.377 e. The van der Waals surface area contributed by atoms with Crippen molar-refractivity contribution in [3.05, 3.63) is 48.8 Å². The maximum absolute atomic E-state index is 12.3. The van der Waals surface area contributed by atoms with Gasteiger partial charge in [0.15, 0.2) is 0 Å². The van der Waals surface area contributed by atoms with Gasteiger partial charge in [-0.3, -0.25) is 4.98 Å². The van der Waals surface area contributed by atoms with Gasteiger partial charge in [0.05, 0.1) is 11.0 Å². The highest BCUT2D eigenvalue weighted by molar-refractivity contribution is 7.89. The van der Waals surface area contributed by atoms with Crippen LogP contribution in [0, 0.1) is 0 Å². The highest BCUT2D eigenvalue weighted by Gasteiger charge is 2.20. The Morgan fingerprint density at radius 1 is 1.18 bits per heavy atom. The van der Waals surface area contributed by atoms with Gasteiger partial charge < -0.3 is 4.74 Å². The van der Waals surface area contributed by atoms with E-state index in [-0.39, 0.29) is 11.0 Å². The fourth-order valence-electron chi connectivity index (χ4n) is 2.45. The second-order valence-corrected chi connectivity index (χ2v) is 7.02. The molecule has 6 heteroatoms. The number of sulfonamides is 1. The average molecular weight is 318 g/mol. The number of benzene rings is 1. The highest BCUT2D eigenvalue weighted by atomic mass is 32.2. The molecule has 3 rings (SSSR count). The molecule has 1 atom stereocenters. The van der Waals surface area contributed by atoms with Crippen LogP contribution in [0.3, 0.4) is 0 Å². The molecule has 1 unspecified atom stereocenters. The second kappa shape index (κ2) is 6.56. The molecule has 1 N–H and O–H groups in total. The molecule has 0 spiro atoms. The van der Waals surface area contributed by atoms with E-state index in [0.29, 0.717) is 13.2 Å². The summed E-state index contributed by atoms with van der Waals surface area (Å²) < 4.78 is 32.6. The van der Waals surface area contributed by atoms with E-state index in [1.54, 1.807) is 36.7 Å². The third-order valence-electron chi connectivity index (χ3n) is 3.68. The van der Waals surface area contributed by atoms with Gasteiger partial charge in [-0.25, -0.2) is 13.1 Å². The predicted octanol–water partition coefficient (Wildman–Crippen LogP) is 2.21. The van der Waals surface area contributed by atoms with Crippen LogP contribution in [0.4, 0.5) is 0 Å². The van der Waals surface area contributed by atoms with E-state index in [1.165, 1.54) is 0 Å². The van der Waals surface area contributed by atoms with Gasteiger partial charge in [0, 0.05) is 25.5 Å². The molecule has 1 aromatic carbocycles. The lowest BCUT2D eigenvalue weighted by Gasteiger charge is -2.11. The lowest BCUT2D eigenvalue weighted by molar-refractivity contribution is 0.114. The zero-order valence-corrected chi connectivity index (χ0v) is 12.9. The van der Waals surface area contributed by atoms with Crippen molar-refractivity contribution in [3.8, 4) is 11.1 Å². The van der Waals surface area contributed by atoms with Gasteiger partial charge in [0.25, 0.3) is 0 Å². The van der Waals surface area contributed by atoms with Crippen LogP contribution in [0.15, 0.2) is 53.7 Å². The summed E-state index contributed by atoms with van der Waals surface area (Å²) in [5.74, 6) is 0. The predicted molar refractivity (Wildman–Crippen MR) is 83.8 cm³/mol. The van der Waals surface area contributed by atoms with Crippen LogP contribution in [0.2, 0.25) is 0 Å². The van der Waals surface area contributed by atoms with Crippen molar-refractivity contribution in [2.45, 2.75) is 23.8 Å². The van der Waals surface area contributed by atoms with Gasteiger partial charge in [-0.1, -0.05) is 18.2 Å². The van der Waals surface area contributed by atoms with E-state index < -0.39 is 10.0 Å². The number of pyridine rings is 1. The summed E-state index contributed by atoms with van der Waals surface area (Å²) in [7, 11) is -3.49. The molecule has 0 aliphatic carbocycles. The minimum absolute atomic E-state index is 0.00978. The number of rotatable bonds is 5. The normalized spacial score (nSPS) is 18.5. The van der Waals surface area contributed by atoms with Crippen LogP contribution < -0.4 is 4.72 Å². The fraction of sp³-hybridized carbons (Fsp3) is 0.312. The van der Waals surface area contributed by atoms with Crippen LogP contribution in [-0.2, 0) is 14.8 Å². The standard InChI is InChI=1S/C16H18N2O3S/c19-22(20,18-12-15-4-2-10-21-15)16-7-5-13(6-8-16)14-3-1-9-17-11-14/h1,3,5-9,11,15,18H,2,4,10,12H2. The van der Waals surface area contributed by atoms with Gasteiger partial charge in [-0.15, -0.1) is 0 Å². The number of ether oxygens (including phenoxy) is 1. The van der Waals surface area contributed by atoms with Gasteiger partial charge in [0.2, 0.25) is 10.0 Å². The number of nitrogens with zero attached hydrogens (tertiary/aromatic N) is 1. The number of aromatic nitrogens is 1. The molecule has 1 aliphatic heterocycles. The maximum Gasteiger partial charge on any atom is 0.240 e. The first-order valence-electron chi connectivity index (χ1n) is 7.27. The Balaban J connectivity index is 1.71. The summed E-state index contributed by atoms with van der Waals surface area (Å²) in [4.78, 5) is 4.32. The Labute approximate surface area is 130 Å². The van der Waals surface area contributed by atoms with E-state index in [9.17, 15) is 8.42 Å². The van der Waals surface area contributed by atoms with Crippen molar-refractivity contribution in [1.82, 2.24) is 9.71 Å². The Bertz CT molecular complexity index is 709. The molecule has 22 heavy (non-hydrogen) atoms. The van der Waals surface area contributed by atoms with Crippen LogP contribution in [-0.4, -0.2) is 32.7 Å². The smallest absolute Gasteiger partial charge is 0.240 e. The molecule has 2 aromatic rings. The van der Waals surface area contributed by atoms with E-state index in [2.05, 4.69) is 9.71 Å². The quantitative estimate of drug-likeness (QED) is 0.918. The molecule has 1 aromatic heterocycles. The van der Waals surface area contributed by atoms with Crippen LogP contribution in [0.25, 0.3) is 11.1 Å². The summed E-state index contributed by atoms with van der Waals surface area (Å²) in [5.41, 5.74) is 1.89. The van der Waals surface area contributed by atoms with Gasteiger partial charge in [0.1, 0.15) is 0 Å². The Kier molecular flexibility index (Phi) is 4.52. The maximum atomic E-state index is 12.3. The summed E-state index contributed by atoms with van der Waals surface area (Å²) >= 11 is 0. The van der Waals surface area contributed by atoms with E-state index in [0.717, 1.165) is 24.0 Å². The molecule has 116 valence electrons.